The van der Waals surface area contributed by atoms with Gasteiger partial charge >= 0.3 is 5.97 Å². The van der Waals surface area contributed by atoms with E-state index >= 15 is 0 Å². The van der Waals surface area contributed by atoms with E-state index in [2.05, 4.69) is 14.4 Å². The van der Waals surface area contributed by atoms with Crippen LogP contribution in [0, 0.1) is 0 Å². The van der Waals surface area contributed by atoms with Crippen LogP contribution in [-0.4, -0.2) is 18.2 Å². The minimum absolute atomic E-state index is 0.00386. The molecule has 0 N–H and O–H groups in total. The Balaban J connectivity index is 2.93. The zero-order valence-electron chi connectivity index (χ0n) is 5.13. The van der Waals surface area contributed by atoms with Gasteiger partial charge in [0, 0.05) is 0 Å². The third kappa shape index (κ3) is 1.11. The highest BCUT2D eigenvalue weighted by Gasteiger charge is 2.14. The lowest BCUT2D eigenvalue weighted by atomic mass is 10.4. The Kier molecular flexibility index (Phi) is 1.91. The van der Waals surface area contributed by atoms with Gasteiger partial charge in [0.25, 0.3) is 0 Å². The highest BCUT2D eigenvalue weighted by atomic mass is 35.5. The van der Waals surface area contributed by atoms with E-state index in [0.29, 0.717) is 0 Å². The Bertz CT molecular complexity index is 245. The molecule has 0 bridgehead atoms. The van der Waals surface area contributed by atoms with Crippen molar-refractivity contribution in [2.24, 2.45) is 0 Å². The summed E-state index contributed by atoms with van der Waals surface area (Å²) >= 11 is 5.46. The van der Waals surface area contributed by atoms with Gasteiger partial charge in [-0.2, -0.15) is 0 Å². The standard InChI is InChI=1S/C5H4ClNO3/c1-9-5(8)4-3(6)2-10-7-4/h2H,1H3. The van der Waals surface area contributed by atoms with Gasteiger partial charge in [-0.15, -0.1) is 0 Å². The molecule has 0 aliphatic heterocycles. The van der Waals surface area contributed by atoms with Crippen LogP contribution < -0.4 is 0 Å². The molecular weight excluding hydrogens is 158 g/mol. The van der Waals surface area contributed by atoms with Crippen molar-refractivity contribution >= 4 is 17.6 Å². The van der Waals surface area contributed by atoms with Gasteiger partial charge in [0.1, 0.15) is 11.3 Å². The number of esters is 1. The highest BCUT2D eigenvalue weighted by molar-refractivity contribution is 6.33. The first-order valence-electron chi connectivity index (χ1n) is 2.44. The van der Waals surface area contributed by atoms with Crippen LogP contribution in [0.3, 0.4) is 0 Å². The second-order valence-electron chi connectivity index (χ2n) is 1.50. The van der Waals surface area contributed by atoms with Crippen LogP contribution in [0.1, 0.15) is 10.5 Å². The normalized spacial score (nSPS) is 9.40. The van der Waals surface area contributed by atoms with Crippen molar-refractivity contribution < 1.29 is 14.1 Å². The largest absolute Gasteiger partial charge is 0.464 e. The molecule has 0 saturated heterocycles. The number of rotatable bonds is 1. The molecule has 1 rings (SSSR count). The van der Waals surface area contributed by atoms with E-state index in [1.54, 1.807) is 0 Å². The van der Waals surface area contributed by atoms with Gasteiger partial charge < -0.3 is 9.26 Å². The first kappa shape index (κ1) is 7.08. The molecule has 0 radical (unpaired) electrons. The van der Waals surface area contributed by atoms with E-state index < -0.39 is 5.97 Å². The molecule has 0 atom stereocenters. The maximum Gasteiger partial charge on any atom is 0.361 e. The summed E-state index contributed by atoms with van der Waals surface area (Å²) in [6.07, 6.45) is 1.16. The van der Waals surface area contributed by atoms with Crippen molar-refractivity contribution in [3.05, 3.63) is 17.0 Å². The van der Waals surface area contributed by atoms with Gasteiger partial charge in [-0.05, 0) is 0 Å². The van der Waals surface area contributed by atoms with Gasteiger partial charge in [0.15, 0.2) is 0 Å². The zero-order chi connectivity index (χ0) is 7.56. The average Bonchev–Trinajstić information content (AvgIpc) is 2.34. The van der Waals surface area contributed by atoms with Crippen molar-refractivity contribution in [3.63, 3.8) is 0 Å². The minimum atomic E-state index is -0.598. The second kappa shape index (κ2) is 2.70. The first-order valence-corrected chi connectivity index (χ1v) is 2.81. The predicted molar refractivity (Wildman–Crippen MR) is 32.9 cm³/mol. The summed E-state index contributed by atoms with van der Waals surface area (Å²) in [5, 5.41) is 3.46. The van der Waals surface area contributed by atoms with Gasteiger partial charge in [-0.1, -0.05) is 16.8 Å². The Morgan fingerprint density at radius 3 is 3.00 bits per heavy atom. The lowest BCUT2D eigenvalue weighted by Gasteiger charge is -1.90. The lowest BCUT2D eigenvalue weighted by Crippen LogP contribution is -2.01. The predicted octanol–water partition coefficient (Wildman–Crippen LogP) is 1.11. The van der Waals surface area contributed by atoms with E-state index in [9.17, 15) is 4.79 Å². The first-order chi connectivity index (χ1) is 4.75. The zero-order valence-corrected chi connectivity index (χ0v) is 5.88. The fourth-order valence-electron chi connectivity index (χ4n) is 0.456. The SMILES string of the molecule is COC(=O)c1nocc1Cl. The number of methoxy groups -OCH3 is 1. The van der Waals surface area contributed by atoms with Crippen LogP contribution in [0.5, 0.6) is 0 Å². The average molecular weight is 162 g/mol. The molecule has 0 spiro atoms. The number of carbonyl (C=O) groups excluding carboxylic acids is 1. The number of carbonyl (C=O) groups is 1. The molecule has 10 heavy (non-hydrogen) atoms. The summed E-state index contributed by atoms with van der Waals surface area (Å²) in [5.74, 6) is -0.598. The number of nitrogens with zero attached hydrogens (tertiary/aromatic N) is 1. The summed E-state index contributed by atoms with van der Waals surface area (Å²) in [5.41, 5.74) is 0.00386. The van der Waals surface area contributed by atoms with E-state index in [1.165, 1.54) is 7.11 Å². The molecule has 0 aromatic carbocycles. The molecule has 0 amide bonds. The summed E-state index contributed by atoms with van der Waals surface area (Å²) in [4.78, 5) is 10.7. The summed E-state index contributed by atoms with van der Waals surface area (Å²) < 4.78 is 8.72. The molecule has 1 aromatic heterocycles. The monoisotopic (exact) mass is 161 g/mol. The third-order valence-electron chi connectivity index (χ3n) is 0.905. The molecular formula is C5H4ClNO3. The number of hydrogen-bond acceptors (Lipinski definition) is 4. The molecule has 4 nitrogen and oxygen atoms in total. The van der Waals surface area contributed by atoms with Crippen molar-refractivity contribution in [1.82, 2.24) is 5.16 Å². The lowest BCUT2D eigenvalue weighted by molar-refractivity contribution is 0.0589. The van der Waals surface area contributed by atoms with E-state index in [4.69, 9.17) is 11.6 Å². The van der Waals surface area contributed by atoms with Crippen molar-refractivity contribution in [1.29, 1.82) is 0 Å². The molecule has 0 aliphatic rings. The van der Waals surface area contributed by atoms with Crippen LogP contribution in [0.4, 0.5) is 0 Å². The summed E-state index contributed by atoms with van der Waals surface area (Å²) in [6, 6.07) is 0. The molecule has 5 heteroatoms. The Labute approximate surface area is 61.7 Å². The fraction of sp³-hybridized carbons (Fsp3) is 0.200. The fourth-order valence-corrected chi connectivity index (χ4v) is 0.608. The maximum atomic E-state index is 10.7. The Morgan fingerprint density at radius 2 is 2.60 bits per heavy atom. The van der Waals surface area contributed by atoms with Crippen molar-refractivity contribution in [2.45, 2.75) is 0 Å². The molecule has 0 aliphatic carbocycles. The highest BCUT2D eigenvalue weighted by Crippen LogP contribution is 2.13. The number of hydrogen-bond donors (Lipinski definition) is 0. The van der Waals surface area contributed by atoms with Gasteiger partial charge in [0.2, 0.25) is 5.69 Å². The van der Waals surface area contributed by atoms with Crippen LogP contribution >= 0.6 is 11.6 Å². The van der Waals surface area contributed by atoms with Crippen molar-refractivity contribution in [3.8, 4) is 0 Å². The second-order valence-corrected chi connectivity index (χ2v) is 1.91. The van der Waals surface area contributed by atoms with Gasteiger partial charge in [-0.25, -0.2) is 4.79 Å². The van der Waals surface area contributed by atoms with Crippen LogP contribution in [0.2, 0.25) is 5.02 Å². The molecule has 0 unspecified atom stereocenters. The minimum Gasteiger partial charge on any atom is -0.464 e. The molecule has 0 fully saturated rings. The number of aromatic nitrogens is 1. The quantitative estimate of drug-likeness (QED) is 0.579. The van der Waals surface area contributed by atoms with Crippen LogP contribution in [-0.2, 0) is 4.74 Å². The molecule has 0 saturated carbocycles. The van der Waals surface area contributed by atoms with E-state index in [0.717, 1.165) is 6.26 Å². The smallest absolute Gasteiger partial charge is 0.361 e. The van der Waals surface area contributed by atoms with Crippen LogP contribution in [0.25, 0.3) is 0 Å². The van der Waals surface area contributed by atoms with E-state index in [1.807, 2.05) is 0 Å². The Morgan fingerprint density at radius 1 is 1.90 bits per heavy atom. The van der Waals surface area contributed by atoms with Gasteiger partial charge in [0.05, 0.1) is 7.11 Å². The van der Waals surface area contributed by atoms with E-state index in [-0.39, 0.29) is 10.7 Å². The van der Waals surface area contributed by atoms with Gasteiger partial charge in [-0.3, -0.25) is 0 Å². The number of ether oxygens (including phenoxy) is 1. The third-order valence-corrected chi connectivity index (χ3v) is 1.17. The molecule has 1 heterocycles. The topological polar surface area (TPSA) is 52.3 Å². The van der Waals surface area contributed by atoms with Crippen molar-refractivity contribution in [2.75, 3.05) is 7.11 Å². The van der Waals surface area contributed by atoms with Crippen LogP contribution in [0.15, 0.2) is 10.8 Å². The summed E-state index contributed by atoms with van der Waals surface area (Å²) in [7, 11) is 1.24. The molecule has 54 valence electrons. The number of halogens is 1. The Hall–Kier alpha value is -1.03. The summed E-state index contributed by atoms with van der Waals surface area (Å²) in [6.45, 7) is 0. The molecule has 1 aromatic rings. The maximum absolute atomic E-state index is 10.7.